The van der Waals surface area contributed by atoms with Crippen molar-refractivity contribution in [3.05, 3.63) is 50.8 Å². The van der Waals surface area contributed by atoms with E-state index in [2.05, 4.69) is 9.97 Å². The summed E-state index contributed by atoms with van der Waals surface area (Å²) in [7, 11) is 0. The van der Waals surface area contributed by atoms with Crippen molar-refractivity contribution < 1.29 is 14.3 Å². The van der Waals surface area contributed by atoms with Gasteiger partial charge in [-0.05, 0) is 50.3 Å². The van der Waals surface area contributed by atoms with Gasteiger partial charge in [-0.1, -0.05) is 35.0 Å². The van der Waals surface area contributed by atoms with Crippen molar-refractivity contribution in [3.8, 4) is 0 Å². The number of Topliss-reactive ketones (excluding diaryl/α,β-unsaturated/α-hetero) is 1. The van der Waals surface area contributed by atoms with Gasteiger partial charge in [0, 0.05) is 28.4 Å². The maximum atomic E-state index is 12.1. The second kappa shape index (κ2) is 9.35. The largest absolute Gasteiger partial charge is 0.457 e. The van der Waals surface area contributed by atoms with Crippen LogP contribution >= 0.6 is 35.0 Å². The van der Waals surface area contributed by atoms with Crippen molar-refractivity contribution in [3.63, 3.8) is 0 Å². The minimum Gasteiger partial charge on any atom is -0.457 e. The number of aromatic nitrogens is 2. The topological polar surface area (TPSA) is 69.2 Å². The molecular weight excluding hydrogens is 395 g/mol. The normalized spacial score (nSPS) is 10.7. The summed E-state index contributed by atoms with van der Waals surface area (Å²) in [6.07, 6.45) is 2.52. The van der Waals surface area contributed by atoms with Gasteiger partial charge in [-0.25, -0.2) is 9.97 Å². The number of carbonyl (C=O) groups is 2. The number of halogens is 2. The van der Waals surface area contributed by atoms with Crippen molar-refractivity contribution in [2.45, 2.75) is 31.8 Å². The van der Waals surface area contributed by atoms with E-state index >= 15 is 0 Å². The second-order valence-electron chi connectivity index (χ2n) is 5.57. The van der Waals surface area contributed by atoms with Crippen LogP contribution in [0.3, 0.4) is 0 Å². The van der Waals surface area contributed by atoms with Gasteiger partial charge < -0.3 is 4.74 Å². The smallest absolute Gasteiger partial charge is 0.306 e. The lowest BCUT2D eigenvalue weighted by atomic mass is 10.1. The van der Waals surface area contributed by atoms with Gasteiger partial charge in [-0.3, -0.25) is 9.59 Å². The van der Waals surface area contributed by atoms with Crippen molar-refractivity contribution >= 4 is 46.7 Å². The molecule has 0 fully saturated rings. The van der Waals surface area contributed by atoms with Crippen LogP contribution in [0.1, 0.15) is 33.7 Å². The SMILES string of the molecule is CSc1nc(C)c(CCC(=O)OCC(=O)c2ccc(Cl)cc2Cl)c(C)n1. The standard InChI is InChI=1S/C18H18Cl2N2O3S/c1-10-13(11(2)22-18(21-10)26-3)6-7-17(24)25-9-16(23)14-5-4-12(19)8-15(14)20/h4-5,8H,6-7,9H2,1-3H3. The number of esters is 1. The van der Waals surface area contributed by atoms with Crippen LogP contribution in [0.2, 0.25) is 10.0 Å². The summed E-state index contributed by atoms with van der Waals surface area (Å²) in [5, 5.41) is 1.37. The van der Waals surface area contributed by atoms with Crippen molar-refractivity contribution in [2.24, 2.45) is 0 Å². The van der Waals surface area contributed by atoms with Crippen LogP contribution in [0.4, 0.5) is 0 Å². The lowest BCUT2D eigenvalue weighted by Crippen LogP contribution is -2.15. The van der Waals surface area contributed by atoms with Crippen LogP contribution in [0, 0.1) is 13.8 Å². The van der Waals surface area contributed by atoms with Gasteiger partial charge in [0.15, 0.2) is 11.8 Å². The molecule has 0 atom stereocenters. The third-order valence-electron chi connectivity index (χ3n) is 3.76. The number of benzene rings is 1. The molecule has 0 aliphatic rings. The third kappa shape index (κ3) is 5.43. The zero-order valence-electron chi connectivity index (χ0n) is 14.6. The van der Waals surface area contributed by atoms with Gasteiger partial charge in [-0.2, -0.15) is 0 Å². The van der Waals surface area contributed by atoms with Gasteiger partial charge in [0.2, 0.25) is 5.78 Å². The molecule has 0 bridgehead atoms. The van der Waals surface area contributed by atoms with E-state index in [4.69, 9.17) is 27.9 Å². The summed E-state index contributed by atoms with van der Waals surface area (Å²) in [5.41, 5.74) is 2.89. The fourth-order valence-electron chi connectivity index (χ4n) is 2.40. The Bertz CT molecular complexity index is 820. The van der Waals surface area contributed by atoms with E-state index in [1.807, 2.05) is 20.1 Å². The molecule has 5 nitrogen and oxygen atoms in total. The maximum Gasteiger partial charge on any atom is 0.306 e. The van der Waals surface area contributed by atoms with E-state index < -0.39 is 5.97 Å². The van der Waals surface area contributed by atoms with Crippen LogP contribution in [0.5, 0.6) is 0 Å². The highest BCUT2D eigenvalue weighted by molar-refractivity contribution is 7.98. The summed E-state index contributed by atoms with van der Waals surface area (Å²) < 4.78 is 5.06. The number of thioether (sulfide) groups is 1. The van der Waals surface area contributed by atoms with E-state index in [9.17, 15) is 9.59 Å². The van der Waals surface area contributed by atoms with Crippen LogP contribution in [-0.4, -0.2) is 34.6 Å². The van der Waals surface area contributed by atoms with Crippen molar-refractivity contribution in [1.29, 1.82) is 0 Å². The quantitative estimate of drug-likeness (QED) is 0.289. The molecule has 0 saturated carbocycles. The van der Waals surface area contributed by atoms with E-state index in [-0.39, 0.29) is 29.4 Å². The minimum atomic E-state index is -0.462. The van der Waals surface area contributed by atoms with E-state index in [0.717, 1.165) is 17.0 Å². The Morgan fingerprint density at radius 2 is 1.81 bits per heavy atom. The first-order valence-electron chi connectivity index (χ1n) is 7.83. The molecule has 1 heterocycles. The Morgan fingerprint density at radius 1 is 1.15 bits per heavy atom. The Hall–Kier alpha value is -1.63. The first-order chi connectivity index (χ1) is 12.3. The highest BCUT2D eigenvalue weighted by Gasteiger charge is 2.15. The molecule has 0 unspecified atom stereocenters. The second-order valence-corrected chi connectivity index (χ2v) is 7.18. The lowest BCUT2D eigenvalue weighted by molar-refractivity contribution is -0.142. The summed E-state index contributed by atoms with van der Waals surface area (Å²) >= 11 is 13.3. The molecule has 0 N–H and O–H groups in total. The molecule has 138 valence electrons. The molecule has 0 saturated heterocycles. The molecule has 0 aliphatic heterocycles. The van der Waals surface area contributed by atoms with Crippen LogP contribution < -0.4 is 0 Å². The van der Waals surface area contributed by atoms with Gasteiger partial charge in [0.25, 0.3) is 0 Å². The molecule has 8 heteroatoms. The summed E-state index contributed by atoms with van der Waals surface area (Å²) in [4.78, 5) is 32.8. The Labute approximate surface area is 166 Å². The van der Waals surface area contributed by atoms with Gasteiger partial charge in [0.05, 0.1) is 5.02 Å². The molecule has 1 aromatic heterocycles. The zero-order valence-corrected chi connectivity index (χ0v) is 17.0. The summed E-state index contributed by atoms with van der Waals surface area (Å²) in [6.45, 7) is 3.42. The first kappa shape index (κ1) is 20.7. The van der Waals surface area contributed by atoms with Gasteiger partial charge in [-0.15, -0.1) is 0 Å². The predicted octanol–water partition coefficient (Wildman–Crippen LogP) is 4.48. The molecule has 0 amide bonds. The number of hydrogen-bond donors (Lipinski definition) is 0. The molecule has 1 aromatic carbocycles. The summed E-state index contributed by atoms with van der Waals surface area (Å²) in [6, 6.07) is 4.55. The van der Waals surface area contributed by atoms with E-state index in [1.165, 1.54) is 23.9 Å². The van der Waals surface area contributed by atoms with E-state index in [1.54, 1.807) is 6.07 Å². The fourth-order valence-corrected chi connectivity index (χ4v) is 3.37. The third-order valence-corrected chi connectivity index (χ3v) is 4.85. The highest BCUT2D eigenvalue weighted by Crippen LogP contribution is 2.21. The number of rotatable bonds is 7. The minimum absolute atomic E-state index is 0.144. The van der Waals surface area contributed by atoms with Gasteiger partial charge in [0.1, 0.15) is 0 Å². The molecule has 0 radical (unpaired) electrons. The Balaban J connectivity index is 1.90. The zero-order chi connectivity index (χ0) is 19.3. The Morgan fingerprint density at radius 3 is 2.38 bits per heavy atom. The number of aryl methyl sites for hydroxylation is 2. The highest BCUT2D eigenvalue weighted by atomic mass is 35.5. The lowest BCUT2D eigenvalue weighted by Gasteiger charge is -2.10. The van der Waals surface area contributed by atoms with Crippen LogP contribution in [-0.2, 0) is 16.0 Å². The monoisotopic (exact) mass is 412 g/mol. The number of hydrogen-bond acceptors (Lipinski definition) is 6. The van der Waals surface area contributed by atoms with Crippen LogP contribution in [0.25, 0.3) is 0 Å². The average Bonchev–Trinajstić information content (AvgIpc) is 2.58. The maximum absolute atomic E-state index is 12.1. The number of carbonyl (C=O) groups excluding carboxylic acids is 2. The number of ether oxygens (including phenoxy) is 1. The molecule has 2 rings (SSSR count). The number of nitrogens with zero attached hydrogens (tertiary/aromatic N) is 2. The number of ketones is 1. The molecule has 0 spiro atoms. The van der Waals surface area contributed by atoms with E-state index in [0.29, 0.717) is 16.6 Å². The molecule has 26 heavy (non-hydrogen) atoms. The molecule has 0 aliphatic carbocycles. The fraction of sp³-hybridized carbons (Fsp3) is 0.333. The predicted molar refractivity (Wildman–Crippen MR) is 103 cm³/mol. The van der Waals surface area contributed by atoms with Crippen molar-refractivity contribution in [1.82, 2.24) is 9.97 Å². The van der Waals surface area contributed by atoms with Gasteiger partial charge >= 0.3 is 5.97 Å². The average molecular weight is 413 g/mol. The van der Waals surface area contributed by atoms with Crippen LogP contribution in [0.15, 0.2) is 23.4 Å². The molecule has 2 aromatic rings. The summed E-state index contributed by atoms with van der Waals surface area (Å²) in [5.74, 6) is -0.837. The van der Waals surface area contributed by atoms with Crippen molar-refractivity contribution in [2.75, 3.05) is 12.9 Å². The molecular formula is C18H18Cl2N2O3S. The Kier molecular flexibility index (Phi) is 7.43. The first-order valence-corrected chi connectivity index (χ1v) is 9.82.